The van der Waals surface area contributed by atoms with Crippen molar-refractivity contribution >= 4 is 29.2 Å². The number of anilines is 1. The zero-order valence-corrected chi connectivity index (χ0v) is 11.4. The molecule has 8 heteroatoms. The summed E-state index contributed by atoms with van der Waals surface area (Å²) in [5.41, 5.74) is -0.728. The minimum Gasteiger partial charge on any atom is -0.478 e. The average Bonchev–Trinajstić information content (AvgIpc) is 2.78. The molecule has 0 atom stereocenters. The van der Waals surface area contributed by atoms with E-state index < -0.39 is 22.7 Å². The minimum atomic E-state index is -1.29. The quantitative estimate of drug-likeness (QED) is 0.526. The van der Waals surface area contributed by atoms with Crippen LogP contribution in [0, 0.1) is 10.1 Å². The van der Waals surface area contributed by atoms with Crippen LogP contribution in [0.1, 0.15) is 31.1 Å². The van der Waals surface area contributed by atoms with Crippen LogP contribution in [-0.2, 0) is 0 Å². The molecule has 1 N–H and O–H groups in total. The third-order valence-electron chi connectivity index (χ3n) is 3.46. The first-order chi connectivity index (χ1) is 10.9. The lowest BCUT2D eigenvalue weighted by Crippen LogP contribution is -2.30. The Kier molecular flexibility index (Phi) is 3.14. The molecular weight excluding hydrogens is 304 g/mol. The van der Waals surface area contributed by atoms with E-state index in [0.29, 0.717) is 0 Å². The predicted molar refractivity (Wildman–Crippen MR) is 77.6 cm³/mol. The van der Waals surface area contributed by atoms with Gasteiger partial charge in [-0.3, -0.25) is 19.7 Å². The molecule has 0 bridgehead atoms. The van der Waals surface area contributed by atoms with Crippen molar-refractivity contribution in [2.45, 2.75) is 0 Å². The molecule has 23 heavy (non-hydrogen) atoms. The number of carboxylic acids is 1. The fourth-order valence-electron chi connectivity index (χ4n) is 2.41. The molecule has 0 aromatic heterocycles. The number of carbonyl (C=O) groups is 3. The lowest BCUT2D eigenvalue weighted by Gasteiger charge is -2.16. The van der Waals surface area contributed by atoms with Crippen LogP contribution in [0.4, 0.5) is 11.4 Å². The molecule has 2 amide bonds. The first-order valence-electron chi connectivity index (χ1n) is 6.41. The van der Waals surface area contributed by atoms with Gasteiger partial charge in [0.05, 0.1) is 27.3 Å². The Morgan fingerprint density at radius 2 is 1.70 bits per heavy atom. The zero-order valence-electron chi connectivity index (χ0n) is 11.4. The van der Waals surface area contributed by atoms with Gasteiger partial charge in [0.1, 0.15) is 0 Å². The molecule has 0 unspecified atom stereocenters. The topological polar surface area (TPSA) is 118 Å². The van der Waals surface area contributed by atoms with Crippen LogP contribution in [0.25, 0.3) is 0 Å². The first kappa shape index (κ1) is 14.4. The van der Waals surface area contributed by atoms with Crippen molar-refractivity contribution in [3.8, 4) is 0 Å². The number of nitro benzene ring substituents is 1. The molecule has 114 valence electrons. The fourth-order valence-corrected chi connectivity index (χ4v) is 2.41. The molecule has 1 aliphatic rings. The number of hydrogen-bond donors (Lipinski definition) is 1. The molecule has 0 fully saturated rings. The van der Waals surface area contributed by atoms with Gasteiger partial charge in [-0.2, -0.15) is 0 Å². The highest BCUT2D eigenvalue weighted by Crippen LogP contribution is 2.32. The van der Waals surface area contributed by atoms with Gasteiger partial charge in [-0.05, 0) is 18.2 Å². The van der Waals surface area contributed by atoms with E-state index in [2.05, 4.69) is 0 Å². The molecule has 3 rings (SSSR count). The van der Waals surface area contributed by atoms with E-state index >= 15 is 0 Å². The number of amides is 2. The average molecular weight is 312 g/mol. The number of benzene rings is 2. The van der Waals surface area contributed by atoms with Gasteiger partial charge in [0.25, 0.3) is 17.5 Å². The molecule has 2 aromatic carbocycles. The summed E-state index contributed by atoms with van der Waals surface area (Å²) < 4.78 is 0. The highest BCUT2D eigenvalue weighted by molar-refractivity contribution is 6.35. The molecule has 0 saturated heterocycles. The predicted octanol–water partition coefficient (Wildman–Crippen LogP) is 2.09. The summed E-state index contributed by atoms with van der Waals surface area (Å²) in [6.07, 6.45) is 0. The Morgan fingerprint density at radius 3 is 2.35 bits per heavy atom. The summed E-state index contributed by atoms with van der Waals surface area (Å²) in [5.74, 6) is -2.79. The minimum absolute atomic E-state index is 0.000733. The molecule has 1 aliphatic heterocycles. The van der Waals surface area contributed by atoms with Crippen LogP contribution < -0.4 is 4.90 Å². The van der Waals surface area contributed by atoms with Gasteiger partial charge >= 0.3 is 5.97 Å². The monoisotopic (exact) mass is 312 g/mol. The number of hydrogen-bond acceptors (Lipinski definition) is 5. The standard InChI is InChI=1S/C15H8N2O6/c18-13-9-6-5-8(17(22)23)7-11(9)14(19)16(13)12-4-2-1-3-10(12)15(20)21/h1-7H,(H,20,21). The van der Waals surface area contributed by atoms with E-state index in [1.165, 1.54) is 30.3 Å². The molecular formula is C15H8N2O6. The highest BCUT2D eigenvalue weighted by Gasteiger charge is 2.39. The Hall–Kier alpha value is -3.55. The molecule has 1 heterocycles. The lowest BCUT2D eigenvalue weighted by atomic mass is 10.1. The normalized spacial score (nSPS) is 13.1. The third kappa shape index (κ3) is 2.13. The number of fused-ring (bicyclic) bond motifs is 1. The number of nitrogens with zero attached hydrogens (tertiary/aromatic N) is 2. The number of carboxylic acid groups (broad SMARTS) is 1. The second-order valence-corrected chi connectivity index (χ2v) is 4.76. The van der Waals surface area contributed by atoms with Gasteiger partial charge in [0, 0.05) is 12.1 Å². The van der Waals surface area contributed by atoms with Crippen molar-refractivity contribution in [1.29, 1.82) is 0 Å². The molecule has 2 aromatic rings. The van der Waals surface area contributed by atoms with Crippen molar-refractivity contribution in [1.82, 2.24) is 0 Å². The van der Waals surface area contributed by atoms with Crippen molar-refractivity contribution in [2.75, 3.05) is 4.90 Å². The second-order valence-electron chi connectivity index (χ2n) is 4.76. The number of carbonyl (C=O) groups excluding carboxylic acids is 2. The molecule has 0 radical (unpaired) electrons. The Bertz CT molecular complexity index is 889. The summed E-state index contributed by atoms with van der Waals surface area (Å²) >= 11 is 0. The SMILES string of the molecule is O=C(O)c1ccccc1N1C(=O)c2ccc([N+](=O)[O-])cc2C1=O. The van der Waals surface area contributed by atoms with Crippen LogP contribution in [0.3, 0.4) is 0 Å². The number of rotatable bonds is 3. The van der Waals surface area contributed by atoms with E-state index in [1.807, 2.05) is 0 Å². The Morgan fingerprint density at radius 1 is 1.04 bits per heavy atom. The number of nitro groups is 1. The van der Waals surface area contributed by atoms with Crippen molar-refractivity contribution in [3.63, 3.8) is 0 Å². The van der Waals surface area contributed by atoms with Gasteiger partial charge < -0.3 is 5.11 Å². The van der Waals surface area contributed by atoms with E-state index in [4.69, 9.17) is 0 Å². The maximum Gasteiger partial charge on any atom is 0.337 e. The molecule has 8 nitrogen and oxygen atoms in total. The summed E-state index contributed by atoms with van der Waals surface area (Å²) in [6.45, 7) is 0. The van der Waals surface area contributed by atoms with Gasteiger partial charge in [0.2, 0.25) is 0 Å². The van der Waals surface area contributed by atoms with Crippen LogP contribution >= 0.6 is 0 Å². The van der Waals surface area contributed by atoms with Crippen molar-refractivity contribution in [3.05, 3.63) is 69.3 Å². The van der Waals surface area contributed by atoms with Crippen LogP contribution in [0.15, 0.2) is 42.5 Å². The van der Waals surface area contributed by atoms with Crippen LogP contribution in [0.5, 0.6) is 0 Å². The van der Waals surface area contributed by atoms with Gasteiger partial charge in [-0.15, -0.1) is 0 Å². The van der Waals surface area contributed by atoms with Crippen LogP contribution in [-0.4, -0.2) is 27.8 Å². The number of para-hydroxylation sites is 1. The summed E-state index contributed by atoms with van der Waals surface area (Å²) in [6, 6.07) is 8.89. The number of non-ortho nitro benzene ring substituents is 1. The molecule has 0 spiro atoms. The van der Waals surface area contributed by atoms with Gasteiger partial charge in [0.15, 0.2) is 0 Å². The number of imide groups is 1. The summed E-state index contributed by atoms with van der Waals surface area (Å²) in [5, 5.41) is 20.0. The van der Waals surface area contributed by atoms with E-state index in [9.17, 15) is 29.6 Å². The van der Waals surface area contributed by atoms with Gasteiger partial charge in [-0.25, -0.2) is 9.69 Å². The largest absolute Gasteiger partial charge is 0.478 e. The molecule has 0 aliphatic carbocycles. The molecule has 0 saturated carbocycles. The Balaban J connectivity index is 2.15. The third-order valence-corrected chi connectivity index (χ3v) is 3.46. The number of aromatic carboxylic acids is 1. The van der Waals surface area contributed by atoms with E-state index in [1.54, 1.807) is 0 Å². The maximum absolute atomic E-state index is 12.4. The first-order valence-corrected chi connectivity index (χ1v) is 6.41. The van der Waals surface area contributed by atoms with Gasteiger partial charge in [-0.1, -0.05) is 12.1 Å². The van der Waals surface area contributed by atoms with Crippen molar-refractivity contribution < 1.29 is 24.4 Å². The van der Waals surface area contributed by atoms with E-state index in [0.717, 1.165) is 17.0 Å². The Labute approximate surface area is 128 Å². The highest BCUT2D eigenvalue weighted by atomic mass is 16.6. The van der Waals surface area contributed by atoms with Crippen molar-refractivity contribution in [2.24, 2.45) is 0 Å². The summed E-state index contributed by atoms with van der Waals surface area (Å²) in [4.78, 5) is 47.0. The summed E-state index contributed by atoms with van der Waals surface area (Å²) in [7, 11) is 0. The fraction of sp³-hybridized carbons (Fsp3) is 0. The lowest BCUT2D eigenvalue weighted by molar-refractivity contribution is -0.384. The van der Waals surface area contributed by atoms with Crippen LogP contribution in [0.2, 0.25) is 0 Å². The van der Waals surface area contributed by atoms with E-state index in [-0.39, 0.29) is 28.1 Å². The maximum atomic E-state index is 12.4. The zero-order chi connectivity index (χ0) is 16.7. The second kappa shape index (κ2) is 5.02. The smallest absolute Gasteiger partial charge is 0.337 e.